The van der Waals surface area contributed by atoms with Gasteiger partial charge >= 0.3 is 5.97 Å². The van der Waals surface area contributed by atoms with Crippen LogP contribution in [0.1, 0.15) is 12.5 Å². The molecule has 0 saturated carbocycles. The molecule has 0 radical (unpaired) electrons. The van der Waals surface area contributed by atoms with Crippen LogP contribution >= 0.6 is 12.4 Å². The zero-order valence-corrected chi connectivity index (χ0v) is 9.12. The van der Waals surface area contributed by atoms with E-state index >= 15 is 0 Å². The summed E-state index contributed by atoms with van der Waals surface area (Å²) in [7, 11) is 0. The van der Waals surface area contributed by atoms with E-state index in [-0.39, 0.29) is 24.6 Å². The summed E-state index contributed by atoms with van der Waals surface area (Å²) >= 11 is 0. The van der Waals surface area contributed by atoms with E-state index in [1.165, 1.54) is 19.1 Å². The fourth-order valence-corrected chi connectivity index (χ4v) is 1.17. The van der Waals surface area contributed by atoms with Crippen molar-refractivity contribution in [2.24, 2.45) is 5.73 Å². The average Bonchev–Trinajstić information content (AvgIpc) is 2.02. The molecule has 0 aliphatic carbocycles. The summed E-state index contributed by atoms with van der Waals surface area (Å²) in [5, 5.41) is 17.9. The number of hydrogen-bond donors (Lipinski definition) is 3. The number of halogens is 1. The second-order valence-corrected chi connectivity index (χ2v) is 3.57. The molecular weight excluding hydrogens is 218 g/mol. The van der Waals surface area contributed by atoms with Crippen LogP contribution in [0.4, 0.5) is 0 Å². The highest BCUT2D eigenvalue weighted by Gasteiger charge is 2.27. The second-order valence-electron chi connectivity index (χ2n) is 3.57. The molecule has 4 N–H and O–H groups in total. The minimum absolute atomic E-state index is 0. The molecule has 0 unspecified atom stereocenters. The summed E-state index contributed by atoms with van der Waals surface area (Å²) in [4.78, 5) is 10.7. The lowest BCUT2D eigenvalue weighted by Crippen LogP contribution is -2.46. The first-order chi connectivity index (χ1) is 6.42. The molecule has 0 amide bonds. The summed E-state index contributed by atoms with van der Waals surface area (Å²) in [6.07, 6.45) is 0.191. The van der Waals surface area contributed by atoms with Crippen molar-refractivity contribution in [3.8, 4) is 5.75 Å². The molecule has 15 heavy (non-hydrogen) atoms. The summed E-state index contributed by atoms with van der Waals surface area (Å²) in [5.41, 5.74) is 4.97. The maximum absolute atomic E-state index is 10.7. The van der Waals surface area contributed by atoms with Crippen LogP contribution in [0.15, 0.2) is 24.3 Å². The molecule has 0 aromatic heterocycles. The fourth-order valence-electron chi connectivity index (χ4n) is 1.17. The minimum Gasteiger partial charge on any atom is -0.508 e. The highest BCUT2D eigenvalue weighted by molar-refractivity contribution is 5.85. The van der Waals surface area contributed by atoms with Crippen LogP contribution in [-0.4, -0.2) is 21.7 Å². The standard InChI is InChI=1S/C10H13NO3.ClH/c1-10(11,9(13)14)6-7-3-2-4-8(12)5-7;/h2-5,12H,6,11H2,1H3,(H,13,14);1H/t10-;/m0./s1. The van der Waals surface area contributed by atoms with E-state index in [0.29, 0.717) is 5.56 Å². The lowest BCUT2D eigenvalue weighted by molar-refractivity contribution is -0.142. The Morgan fingerprint density at radius 3 is 2.60 bits per heavy atom. The van der Waals surface area contributed by atoms with Crippen LogP contribution in [-0.2, 0) is 11.2 Å². The number of benzene rings is 1. The van der Waals surface area contributed by atoms with Crippen molar-refractivity contribution in [3.63, 3.8) is 0 Å². The van der Waals surface area contributed by atoms with Gasteiger partial charge in [-0.15, -0.1) is 12.4 Å². The zero-order chi connectivity index (χ0) is 10.8. The molecule has 0 heterocycles. The summed E-state index contributed by atoms with van der Waals surface area (Å²) < 4.78 is 0. The van der Waals surface area contributed by atoms with Gasteiger partial charge in [0.15, 0.2) is 0 Å². The first kappa shape index (κ1) is 13.7. The van der Waals surface area contributed by atoms with Gasteiger partial charge in [-0.2, -0.15) is 0 Å². The topological polar surface area (TPSA) is 83.5 Å². The van der Waals surface area contributed by atoms with Gasteiger partial charge in [0, 0.05) is 6.42 Å². The Balaban J connectivity index is 0.00000196. The van der Waals surface area contributed by atoms with Gasteiger partial charge in [0.05, 0.1) is 0 Å². The second kappa shape index (κ2) is 5.00. The van der Waals surface area contributed by atoms with Gasteiger partial charge in [-0.1, -0.05) is 12.1 Å². The monoisotopic (exact) mass is 231 g/mol. The number of rotatable bonds is 3. The van der Waals surface area contributed by atoms with Crippen LogP contribution in [0.3, 0.4) is 0 Å². The number of nitrogens with two attached hydrogens (primary N) is 1. The van der Waals surface area contributed by atoms with E-state index < -0.39 is 11.5 Å². The minimum atomic E-state index is -1.30. The molecule has 1 aromatic carbocycles. The molecule has 84 valence electrons. The summed E-state index contributed by atoms with van der Waals surface area (Å²) in [5.74, 6) is -0.940. The summed E-state index contributed by atoms with van der Waals surface area (Å²) in [6.45, 7) is 1.44. The van der Waals surface area contributed by atoms with Crippen LogP contribution in [0, 0.1) is 0 Å². The molecule has 0 fully saturated rings. The lowest BCUT2D eigenvalue weighted by atomic mass is 9.94. The van der Waals surface area contributed by atoms with Gasteiger partial charge in [-0.3, -0.25) is 4.79 Å². The molecular formula is C10H14ClNO3. The predicted molar refractivity (Wildman–Crippen MR) is 59.3 cm³/mol. The Kier molecular flexibility index (Phi) is 4.58. The molecule has 0 spiro atoms. The van der Waals surface area contributed by atoms with E-state index in [4.69, 9.17) is 15.9 Å². The SMILES string of the molecule is C[C@](N)(Cc1cccc(O)c1)C(=O)O.Cl. The maximum Gasteiger partial charge on any atom is 0.323 e. The molecule has 1 atom stereocenters. The predicted octanol–water partition coefficient (Wildman–Crippen LogP) is 1.16. The number of aliphatic carboxylic acids is 1. The number of hydrogen-bond acceptors (Lipinski definition) is 3. The Morgan fingerprint density at radius 1 is 1.53 bits per heavy atom. The zero-order valence-electron chi connectivity index (χ0n) is 8.30. The number of carboxylic acids is 1. The lowest BCUT2D eigenvalue weighted by Gasteiger charge is -2.18. The van der Waals surface area contributed by atoms with Crippen LogP contribution in [0.2, 0.25) is 0 Å². The Bertz CT molecular complexity index is 352. The van der Waals surface area contributed by atoms with E-state index in [0.717, 1.165) is 0 Å². The highest BCUT2D eigenvalue weighted by Crippen LogP contribution is 2.15. The molecule has 1 rings (SSSR count). The fraction of sp³-hybridized carbons (Fsp3) is 0.300. The first-order valence-corrected chi connectivity index (χ1v) is 4.22. The third-order valence-corrected chi connectivity index (χ3v) is 1.97. The molecule has 0 aliphatic rings. The average molecular weight is 232 g/mol. The first-order valence-electron chi connectivity index (χ1n) is 4.22. The third kappa shape index (κ3) is 3.77. The number of carboxylic acid groups (broad SMARTS) is 1. The van der Waals surface area contributed by atoms with Crippen LogP contribution < -0.4 is 5.73 Å². The van der Waals surface area contributed by atoms with Crippen LogP contribution in [0.5, 0.6) is 5.75 Å². The van der Waals surface area contributed by atoms with Gasteiger partial charge in [0.2, 0.25) is 0 Å². The van der Waals surface area contributed by atoms with E-state index in [9.17, 15) is 4.79 Å². The highest BCUT2D eigenvalue weighted by atomic mass is 35.5. The van der Waals surface area contributed by atoms with Crippen molar-refractivity contribution in [2.45, 2.75) is 18.9 Å². The van der Waals surface area contributed by atoms with Gasteiger partial charge in [0.1, 0.15) is 11.3 Å². The van der Waals surface area contributed by atoms with Crippen molar-refractivity contribution < 1.29 is 15.0 Å². The number of carbonyl (C=O) groups is 1. The normalized spacial score (nSPS) is 13.7. The van der Waals surface area contributed by atoms with Gasteiger partial charge in [-0.25, -0.2) is 0 Å². The van der Waals surface area contributed by atoms with Crippen molar-refractivity contribution >= 4 is 18.4 Å². The molecule has 0 bridgehead atoms. The van der Waals surface area contributed by atoms with E-state index in [1.807, 2.05) is 0 Å². The maximum atomic E-state index is 10.7. The Hall–Kier alpha value is -1.26. The van der Waals surface area contributed by atoms with Crippen molar-refractivity contribution in [1.82, 2.24) is 0 Å². The van der Waals surface area contributed by atoms with Crippen LogP contribution in [0.25, 0.3) is 0 Å². The van der Waals surface area contributed by atoms with Gasteiger partial charge < -0.3 is 15.9 Å². The van der Waals surface area contributed by atoms with Gasteiger partial charge in [0.25, 0.3) is 0 Å². The summed E-state index contributed by atoms with van der Waals surface area (Å²) in [6, 6.07) is 6.42. The smallest absolute Gasteiger partial charge is 0.323 e. The van der Waals surface area contributed by atoms with Gasteiger partial charge in [-0.05, 0) is 24.6 Å². The van der Waals surface area contributed by atoms with Crippen molar-refractivity contribution in [2.75, 3.05) is 0 Å². The number of phenolic OH excluding ortho intramolecular Hbond substituents is 1. The number of aromatic hydroxyl groups is 1. The molecule has 0 aliphatic heterocycles. The molecule has 5 heteroatoms. The Labute approximate surface area is 94.1 Å². The molecule has 4 nitrogen and oxygen atoms in total. The quantitative estimate of drug-likeness (QED) is 0.729. The Morgan fingerprint density at radius 2 is 2.13 bits per heavy atom. The molecule has 0 saturated heterocycles. The van der Waals surface area contributed by atoms with Crippen molar-refractivity contribution in [1.29, 1.82) is 0 Å². The molecule has 1 aromatic rings. The van der Waals surface area contributed by atoms with E-state index in [2.05, 4.69) is 0 Å². The third-order valence-electron chi connectivity index (χ3n) is 1.97. The largest absolute Gasteiger partial charge is 0.508 e. The van der Waals surface area contributed by atoms with E-state index in [1.54, 1.807) is 12.1 Å². The number of phenols is 1. The van der Waals surface area contributed by atoms with Crippen molar-refractivity contribution in [3.05, 3.63) is 29.8 Å².